The van der Waals surface area contributed by atoms with Crippen LogP contribution in [0, 0.1) is 0 Å². The molecule has 1 aromatic carbocycles. The van der Waals surface area contributed by atoms with Gasteiger partial charge < -0.3 is 16.0 Å². The highest BCUT2D eigenvalue weighted by atomic mass is 16.1. The quantitative estimate of drug-likeness (QED) is 0.507. The monoisotopic (exact) mass is 427 g/mol. The van der Waals surface area contributed by atoms with E-state index in [0.29, 0.717) is 23.8 Å². The Bertz CT molecular complexity index is 1280. The molecule has 1 amide bonds. The van der Waals surface area contributed by atoms with E-state index >= 15 is 0 Å². The summed E-state index contributed by atoms with van der Waals surface area (Å²) in [6.45, 7) is 1.61. The van der Waals surface area contributed by atoms with Gasteiger partial charge in [0, 0.05) is 25.7 Å². The predicted molar refractivity (Wildman–Crippen MR) is 125 cm³/mol. The van der Waals surface area contributed by atoms with Crippen molar-refractivity contribution in [1.29, 1.82) is 0 Å². The Balaban J connectivity index is 1.62. The van der Waals surface area contributed by atoms with Gasteiger partial charge in [-0.1, -0.05) is 36.4 Å². The van der Waals surface area contributed by atoms with Crippen molar-refractivity contribution in [3.63, 3.8) is 0 Å². The molecular formula is C24H25N7O. The number of nitrogens with two attached hydrogens (primary N) is 1. The zero-order valence-corrected chi connectivity index (χ0v) is 18.0. The number of carbonyl (C=O) groups is 1. The molecule has 0 saturated carbocycles. The van der Waals surface area contributed by atoms with Crippen LogP contribution in [-0.2, 0) is 13.0 Å². The topological polar surface area (TPSA) is 101 Å². The van der Waals surface area contributed by atoms with E-state index < -0.39 is 5.91 Å². The van der Waals surface area contributed by atoms with E-state index in [1.807, 2.05) is 24.3 Å². The summed E-state index contributed by atoms with van der Waals surface area (Å²) in [6, 6.07) is 15.6. The molecule has 32 heavy (non-hydrogen) atoms. The van der Waals surface area contributed by atoms with Crippen LogP contribution >= 0.6 is 0 Å². The highest BCUT2D eigenvalue weighted by Gasteiger charge is 2.23. The lowest BCUT2D eigenvalue weighted by Crippen LogP contribution is -2.20. The molecule has 5 rings (SSSR count). The van der Waals surface area contributed by atoms with Gasteiger partial charge in [0.25, 0.3) is 5.91 Å². The third-order valence-corrected chi connectivity index (χ3v) is 5.86. The summed E-state index contributed by atoms with van der Waals surface area (Å²) >= 11 is 0. The predicted octanol–water partition coefficient (Wildman–Crippen LogP) is 3.27. The van der Waals surface area contributed by atoms with Crippen LogP contribution in [0.25, 0.3) is 17.0 Å². The number of imidazole rings is 1. The van der Waals surface area contributed by atoms with Crippen molar-refractivity contribution in [2.24, 2.45) is 5.73 Å². The van der Waals surface area contributed by atoms with Crippen LogP contribution in [0.4, 0.5) is 11.6 Å². The summed E-state index contributed by atoms with van der Waals surface area (Å²) in [5.74, 6) is 1.77. The summed E-state index contributed by atoms with van der Waals surface area (Å²) in [6.07, 6.45) is 4.72. The van der Waals surface area contributed by atoms with Crippen molar-refractivity contribution in [3.8, 4) is 11.5 Å². The lowest BCUT2D eigenvalue weighted by atomic mass is 10.1. The normalized spacial score (nSPS) is 13.6. The van der Waals surface area contributed by atoms with Crippen LogP contribution in [0.5, 0.6) is 0 Å². The molecular weight excluding hydrogens is 402 g/mol. The Hall–Kier alpha value is -3.94. The van der Waals surface area contributed by atoms with Gasteiger partial charge >= 0.3 is 0 Å². The molecule has 8 nitrogen and oxygen atoms in total. The standard InChI is InChI=1S/C24H25N7O/c1-30-13-6-5-10-17-22(26-14-16-8-3-2-4-9-16)28-23(29-24(17)30)20-18-11-7-12-19(21(25)32)31(18)15-27-20/h2-4,7-9,11-12,15H,5-6,10,13-14H2,1H3,(H2,25,32)(H,26,28,29). The van der Waals surface area contributed by atoms with Gasteiger partial charge in [-0.2, -0.15) is 0 Å². The minimum Gasteiger partial charge on any atom is -0.366 e. The van der Waals surface area contributed by atoms with Crippen molar-refractivity contribution in [1.82, 2.24) is 19.4 Å². The van der Waals surface area contributed by atoms with Gasteiger partial charge in [-0.05, 0) is 37.0 Å². The second-order valence-electron chi connectivity index (χ2n) is 8.04. The summed E-state index contributed by atoms with van der Waals surface area (Å²) in [5, 5.41) is 3.53. The van der Waals surface area contributed by atoms with Crippen LogP contribution in [-0.4, -0.2) is 38.9 Å². The first-order valence-electron chi connectivity index (χ1n) is 10.8. The fraction of sp³-hybridized carbons (Fsp3) is 0.250. The Kier molecular flexibility index (Phi) is 5.18. The molecule has 0 saturated heterocycles. The second kappa shape index (κ2) is 8.30. The van der Waals surface area contributed by atoms with Crippen molar-refractivity contribution in [3.05, 3.63) is 71.7 Å². The van der Waals surface area contributed by atoms with Crippen LogP contribution in [0.15, 0.2) is 54.9 Å². The number of aromatic nitrogens is 4. The fourth-order valence-corrected chi connectivity index (χ4v) is 4.20. The third kappa shape index (κ3) is 3.64. The average molecular weight is 428 g/mol. The molecule has 0 aliphatic carbocycles. The minimum atomic E-state index is -0.507. The number of rotatable bonds is 5. The zero-order chi connectivity index (χ0) is 22.1. The second-order valence-corrected chi connectivity index (χ2v) is 8.04. The smallest absolute Gasteiger partial charge is 0.265 e. The van der Waals surface area contributed by atoms with Gasteiger partial charge in [-0.25, -0.2) is 15.0 Å². The highest BCUT2D eigenvalue weighted by molar-refractivity contribution is 5.93. The summed E-state index contributed by atoms with van der Waals surface area (Å²) in [5.41, 5.74) is 9.59. The van der Waals surface area contributed by atoms with E-state index in [1.165, 1.54) is 5.56 Å². The number of primary amides is 1. The Labute approximate surface area is 186 Å². The van der Waals surface area contributed by atoms with Crippen LogP contribution in [0.3, 0.4) is 0 Å². The number of carbonyl (C=O) groups excluding carboxylic acids is 1. The number of hydrogen-bond donors (Lipinski definition) is 2. The number of pyridine rings is 1. The SMILES string of the molecule is CN1CCCCc2c(NCc3ccccc3)nc(-c3ncn4c(C(N)=O)cccc34)nc21. The summed E-state index contributed by atoms with van der Waals surface area (Å²) < 4.78 is 1.69. The van der Waals surface area contributed by atoms with Gasteiger partial charge in [0.05, 0.1) is 5.52 Å². The Morgan fingerprint density at radius 3 is 2.75 bits per heavy atom. The van der Waals surface area contributed by atoms with E-state index in [9.17, 15) is 4.79 Å². The molecule has 0 fully saturated rings. The summed E-state index contributed by atoms with van der Waals surface area (Å²) in [4.78, 5) is 28.4. The third-order valence-electron chi connectivity index (χ3n) is 5.86. The van der Waals surface area contributed by atoms with E-state index in [0.717, 1.165) is 48.5 Å². The molecule has 1 aliphatic rings. The average Bonchev–Trinajstić information content (AvgIpc) is 3.16. The van der Waals surface area contributed by atoms with Crippen LogP contribution < -0.4 is 16.0 Å². The molecule has 3 aromatic heterocycles. The van der Waals surface area contributed by atoms with Gasteiger partial charge in [0.1, 0.15) is 29.4 Å². The maximum atomic E-state index is 11.8. The zero-order valence-electron chi connectivity index (χ0n) is 18.0. The molecule has 3 N–H and O–H groups in total. The highest BCUT2D eigenvalue weighted by Crippen LogP contribution is 2.32. The molecule has 0 unspecified atom stereocenters. The van der Waals surface area contributed by atoms with E-state index in [2.05, 4.69) is 34.4 Å². The van der Waals surface area contributed by atoms with Gasteiger partial charge in [0.15, 0.2) is 5.82 Å². The van der Waals surface area contributed by atoms with E-state index in [-0.39, 0.29) is 0 Å². The first-order valence-corrected chi connectivity index (χ1v) is 10.8. The maximum absolute atomic E-state index is 11.8. The molecule has 162 valence electrons. The van der Waals surface area contributed by atoms with Crippen molar-refractivity contribution in [2.75, 3.05) is 23.8 Å². The van der Waals surface area contributed by atoms with Gasteiger partial charge in [-0.15, -0.1) is 0 Å². The molecule has 1 aliphatic heterocycles. The van der Waals surface area contributed by atoms with Crippen LogP contribution in [0.1, 0.15) is 34.5 Å². The van der Waals surface area contributed by atoms with Crippen LogP contribution in [0.2, 0.25) is 0 Å². The molecule has 0 radical (unpaired) electrons. The first kappa shape index (κ1) is 20.0. The van der Waals surface area contributed by atoms with Gasteiger partial charge in [0.2, 0.25) is 0 Å². The number of benzene rings is 1. The number of amides is 1. The van der Waals surface area contributed by atoms with Crippen molar-refractivity contribution >= 4 is 23.1 Å². The molecule has 8 heteroatoms. The molecule has 0 bridgehead atoms. The first-order chi connectivity index (χ1) is 15.6. The Morgan fingerprint density at radius 1 is 1.09 bits per heavy atom. The number of fused-ring (bicyclic) bond motifs is 2. The largest absolute Gasteiger partial charge is 0.366 e. The number of hydrogen-bond acceptors (Lipinski definition) is 6. The maximum Gasteiger partial charge on any atom is 0.265 e. The molecule has 4 heterocycles. The number of nitrogens with zero attached hydrogens (tertiary/aromatic N) is 5. The van der Waals surface area contributed by atoms with Crippen molar-refractivity contribution in [2.45, 2.75) is 25.8 Å². The molecule has 4 aromatic rings. The van der Waals surface area contributed by atoms with Crippen molar-refractivity contribution < 1.29 is 4.79 Å². The molecule has 0 spiro atoms. The fourth-order valence-electron chi connectivity index (χ4n) is 4.20. The molecule has 0 atom stereocenters. The Morgan fingerprint density at radius 2 is 1.94 bits per heavy atom. The van der Waals surface area contributed by atoms with Gasteiger partial charge in [-0.3, -0.25) is 9.20 Å². The lowest BCUT2D eigenvalue weighted by Gasteiger charge is -2.21. The minimum absolute atomic E-state index is 0.371. The van der Waals surface area contributed by atoms with E-state index in [4.69, 9.17) is 15.7 Å². The number of anilines is 2. The van der Waals surface area contributed by atoms with E-state index in [1.54, 1.807) is 22.9 Å². The summed E-state index contributed by atoms with van der Waals surface area (Å²) in [7, 11) is 2.07. The number of nitrogens with one attached hydrogen (secondary N) is 1. The lowest BCUT2D eigenvalue weighted by molar-refractivity contribution is 0.0994.